The second-order valence-corrected chi connectivity index (χ2v) is 7.12. The molecule has 1 aliphatic rings. The van der Waals surface area contributed by atoms with Crippen molar-refractivity contribution in [3.63, 3.8) is 0 Å². The highest BCUT2D eigenvalue weighted by Gasteiger charge is 2.37. The Balaban J connectivity index is 1.76. The lowest BCUT2D eigenvalue weighted by Gasteiger charge is -2.36. The van der Waals surface area contributed by atoms with Gasteiger partial charge in [-0.05, 0) is 30.2 Å². The largest absolute Gasteiger partial charge is 0.480 e. The predicted molar refractivity (Wildman–Crippen MR) is 106 cm³/mol. The Morgan fingerprint density at radius 1 is 1.07 bits per heavy atom. The number of aromatic nitrogens is 2. The Morgan fingerprint density at radius 3 is 2.45 bits per heavy atom. The van der Waals surface area contributed by atoms with E-state index in [9.17, 15) is 24.3 Å². The van der Waals surface area contributed by atoms with Crippen molar-refractivity contribution < 1.29 is 14.7 Å². The van der Waals surface area contributed by atoms with Gasteiger partial charge in [0.1, 0.15) is 12.1 Å². The number of nitrogens with one attached hydrogen (secondary N) is 1. The number of carboxylic acids is 1. The third-order valence-electron chi connectivity index (χ3n) is 5.40. The number of carbonyl (C=O) groups excluding carboxylic acids is 1. The fourth-order valence-electron chi connectivity index (χ4n) is 3.85. The Bertz CT molecular complexity index is 1240. The van der Waals surface area contributed by atoms with Crippen LogP contribution in [0.2, 0.25) is 0 Å². The van der Waals surface area contributed by atoms with E-state index in [0.29, 0.717) is 5.52 Å². The molecule has 0 spiro atoms. The van der Waals surface area contributed by atoms with Crippen LogP contribution in [0.5, 0.6) is 0 Å². The minimum Gasteiger partial charge on any atom is -0.480 e. The number of aliphatic carboxylic acids is 1. The highest BCUT2D eigenvalue weighted by molar-refractivity contribution is 5.87. The second kappa shape index (κ2) is 7.05. The smallest absolute Gasteiger partial charge is 0.329 e. The summed E-state index contributed by atoms with van der Waals surface area (Å²) in [6.07, 6.45) is 0.174. The van der Waals surface area contributed by atoms with Crippen molar-refractivity contribution in [3.8, 4) is 0 Å². The summed E-state index contributed by atoms with van der Waals surface area (Å²) < 4.78 is 0.851. The maximum Gasteiger partial charge on any atom is 0.329 e. The van der Waals surface area contributed by atoms with Gasteiger partial charge in [0, 0.05) is 13.0 Å². The first-order valence-corrected chi connectivity index (χ1v) is 9.22. The molecule has 0 saturated carbocycles. The van der Waals surface area contributed by atoms with E-state index in [2.05, 4.69) is 4.98 Å². The van der Waals surface area contributed by atoms with Crippen LogP contribution in [-0.2, 0) is 22.6 Å². The first kappa shape index (κ1) is 18.7. The average molecular weight is 393 g/mol. The van der Waals surface area contributed by atoms with Gasteiger partial charge in [-0.25, -0.2) is 14.2 Å². The van der Waals surface area contributed by atoms with Crippen molar-refractivity contribution in [2.45, 2.75) is 32.0 Å². The zero-order valence-corrected chi connectivity index (χ0v) is 15.7. The zero-order chi connectivity index (χ0) is 20.7. The fraction of sp³-hybridized carbons (Fsp3) is 0.238. The fourth-order valence-corrected chi connectivity index (χ4v) is 3.85. The van der Waals surface area contributed by atoms with Gasteiger partial charge in [-0.1, -0.05) is 36.4 Å². The lowest BCUT2D eigenvalue weighted by molar-refractivity contribution is -0.152. The summed E-state index contributed by atoms with van der Waals surface area (Å²) in [7, 11) is 0. The van der Waals surface area contributed by atoms with Crippen LogP contribution in [0.1, 0.15) is 24.1 Å². The highest BCUT2D eigenvalue weighted by atomic mass is 16.4. The van der Waals surface area contributed by atoms with Crippen molar-refractivity contribution in [2.24, 2.45) is 0 Å². The topological polar surface area (TPSA) is 112 Å². The number of rotatable bonds is 3. The molecule has 2 heterocycles. The van der Waals surface area contributed by atoms with E-state index in [-0.39, 0.29) is 18.4 Å². The van der Waals surface area contributed by atoms with Crippen molar-refractivity contribution in [1.29, 1.82) is 0 Å². The molecule has 8 heteroatoms. The minimum atomic E-state index is -1.15. The highest BCUT2D eigenvalue weighted by Crippen LogP contribution is 2.25. The minimum absolute atomic E-state index is 0.108. The molecular weight excluding hydrogens is 374 g/mol. The number of hydrogen-bond acceptors (Lipinski definition) is 4. The van der Waals surface area contributed by atoms with E-state index in [4.69, 9.17) is 0 Å². The van der Waals surface area contributed by atoms with E-state index in [1.165, 1.54) is 11.8 Å². The molecule has 0 saturated heterocycles. The first-order valence-electron chi connectivity index (χ1n) is 9.22. The maximum atomic E-state index is 13.2. The van der Waals surface area contributed by atoms with Crippen LogP contribution in [0, 0.1) is 0 Å². The number of aromatic amines is 1. The van der Waals surface area contributed by atoms with E-state index < -0.39 is 35.2 Å². The maximum absolute atomic E-state index is 13.2. The molecule has 0 fully saturated rings. The summed E-state index contributed by atoms with van der Waals surface area (Å²) in [4.78, 5) is 54.2. The standard InChI is InChI=1S/C21H19N3O5/c1-12(24-19(26)15-8-4-5-9-16(15)22-21(24)29)18(25)23-11-14-7-3-2-6-13(14)10-17(23)20(27)28/h2-9,12,17H,10-11H2,1H3,(H,22,29)(H,27,28)/t12-,17?/m0/s1. The summed E-state index contributed by atoms with van der Waals surface area (Å²) in [6, 6.07) is 11.7. The van der Waals surface area contributed by atoms with Gasteiger partial charge in [-0.15, -0.1) is 0 Å². The van der Waals surface area contributed by atoms with Crippen LogP contribution in [0.4, 0.5) is 0 Å². The lowest BCUT2D eigenvalue weighted by Crippen LogP contribution is -2.52. The van der Waals surface area contributed by atoms with Crippen LogP contribution < -0.4 is 11.2 Å². The van der Waals surface area contributed by atoms with Crippen LogP contribution in [0.15, 0.2) is 58.1 Å². The average Bonchev–Trinajstić information content (AvgIpc) is 2.72. The molecule has 8 nitrogen and oxygen atoms in total. The Labute approximate surface area is 165 Å². The van der Waals surface area contributed by atoms with Gasteiger partial charge in [-0.2, -0.15) is 0 Å². The Hall–Kier alpha value is -3.68. The third kappa shape index (κ3) is 3.12. The van der Waals surface area contributed by atoms with Crippen LogP contribution in [-0.4, -0.2) is 37.5 Å². The van der Waals surface area contributed by atoms with Crippen LogP contribution >= 0.6 is 0 Å². The normalized spacial score (nSPS) is 17.0. The van der Waals surface area contributed by atoms with Gasteiger partial charge < -0.3 is 15.0 Å². The number of fused-ring (bicyclic) bond motifs is 2. The van der Waals surface area contributed by atoms with E-state index in [0.717, 1.165) is 15.7 Å². The number of nitrogens with zero attached hydrogens (tertiary/aromatic N) is 2. The van der Waals surface area contributed by atoms with Gasteiger partial charge in [-0.3, -0.25) is 9.59 Å². The van der Waals surface area contributed by atoms with E-state index >= 15 is 0 Å². The molecule has 148 valence electrons. The number of carbonyl (C=O) groups is 2. The molecule has 1 aliphatic heterocycles. The summed E-state index contributed by atoms with van der Waals surface area (Å²) in [5.74, 6) is -1.71. The molecule has 2 aromatic carbocycles. The number of para-hydroxylation sites is 1. The van der Waals surface area contributed by atoms with Crippen LogP contribution in [0.25, 0.3) is 10.9 Å². The predicted octanol–water partition coefficient (Wildman–Crippen LogP) is 1.29. The second-order valence-electron chi connectivity index (χ2n) is 7.12. The molecule has 4 rings (SSSR count). The lowest BCUT2D eigenvalue weighted by atomic mass is 9.93. The molecular formula is C21H19N3O5. The molecule has 1 amide bonds. The van der Waals surface area contributed by atoms with E-state index in [1.807, 2.05) is 24.3 Å². The van der Waals surface area contributed by atoms with E-state index in [1.54, 1.807) is 24.3 Å². The van der Waals surface area contributed by atoms with Gasteiger partial charge in [0.25, 0.3) is 5.56 Å². The molecule has 3 aromatic rings. The monoisotopic (exact) mass is 393 g/mol. The molecule has 1 unspecified atom stereocenters. The number of benzene rings is 2. The first-order chi connectivity index (χ1) is 13.9. The summed E-state index contributed by atoms with van der Waals surface area (Å²) in [6.45, 7) is 1.55. The zero-order valence-electron chi connectivity index (χ0n) is 15.7. The van der Waals surface area contributed by atoms with Crippen molar-refractivity contribution in [1.82, 2.24) is 14.5 Å². The number of amides is 1. The molecule has 0 bridgehead atoms. The molecule has 2 atom stereocenters. The third-order valence-corrected chi connectivity index (χ3v) is 5.40. The number of carboxylic acid groups (broad SMARTS) is 1. The Kier molecular flexibility index (Phi) is 4.54. The van der Waals surface area contributed by atoms with Crippen LogP contribution in [0.3, 0.4) is 0 Å². The Morgan fingerprint density at radius 2 is 1.72 bits per heavy atom. The SMILES string of the molecule is C[C@@H](C(=O)N1Cc2ccccc2CC1C(=O)O)n1c(=O)[nH]c2ccccc2c1=O. The summed E-state index contributed by atoms with van der Waals surface area (Å²) in [5, 5.41) is 9.94. The van der Waals surface area contributed by atoms with Gasteiger partial charge in [0.15, 0.2) is 0 Å². The molecule has 0 aliphatic carbocycles. The number of hydrogen-bond donors (Lipinski definition) is 2. The van der Waals surface area contributed by atoms with Crippen molar-refractivity contribution in [2.75, 3.05) is 0 Å². The summed E-state index contributed by atoms with van der Waals surface area (Å²) in [5.41, 5.74) is 0.810. The van der Waals surface area contributed by atoms with Crippen molar-refractivity contribution >= 4 is 22.8 Å². The van der Waals surface area contributed by atoms with Crippen molar-refractivity contribution in [3.05, 3.63) is 80.5 Å². The molecule has 29 heavy (non-hydrogen) atoms. The quantitative estimate of drug-likeness (QED) is 0.696. The summed E-state index contributed by atoms with van der Waals surface area (Å²) >= 11 is 0. The van der Waals surface area contributed by atoms with Gasteiger partial charge in [0.2, 0.25) is 5.91 Å². The molecule has 1 aromatic heterocycles. The van der Waals surface area contributed by atoms with Gasteiger partial charge >= 0.3 is 11.7 Å². The number of H-pyrrole nitrogens is 1. The molecule has 0 radical (unpaired) electrons. The van der Waals surface area contributed by atoms with Gasteiger partial charge in [0.05, 0.1) is 10.9 Å². The molecule has 2 N–H and O–H groups in total.